The van der Waals surface area contributed by atoms with E-state index in [1.165, 1.54) is 15.9 Å². The van der Waals surface area contributed by atoms with E-state index in [0.717, 1.165) is 34.9 Å². The number of amides is 4. The van der Waals surface area contributed by atoms with Crippen molar-refractivity contribution in [2.24, 2.45) is 0 Å². The van der Waals surface area contributed by atoms with Gasteiger partial charge in [-0.15, -0.1) is 0 Å². The predicted molar refractivity (Wildman–Crippen MR) is 206 cm³/mol. The Morgan fingerprint density at radius 1 is 0.930 bits per heavy atom. The second-order valence-electron chi connectivity index (χ2n) is 14.1. The lowest BCUT2D eigenvalue weighted by Crippen LogP contribution is -2.60. The first-order valence-electron chi connectivity index (χ1n) is 18.2. The van der Waals surface area contributed by atoms with Gasteiger partial charge in [0.1, 0.15) is 17.8 Å². The maximum Gasteiger partial charge on any atom is 0.399 e. The Kier molecular flexibility index (Phi) is 10.8. The maximum absolute atomic E-state index is 14.5. The molecule has 57 heavy (non-hydrogen) atoms. The summed E-state index contributed by atoms with van der Waals surface area (Å²) in [5.41, 5.74) is -2.06. The number of aromatic amines is 1. The van der Waals surface area contributed by atoms with Gasteiger partial charge < -0.3 is 35.2 Å². The maximum atomic E-state index is 14.5. The number of benzene rings is 4. The number of nitrogens with one attached hydrogen (secondary N) is 3. The summed E-state index contributed by atoms with van der Waals surface area (Å²) in [6, 6.07) is 26.8. The molecule has 1 aromatic heterocycles. The van der Waals surface area contributed by atoms with Crippen molar-refractivity contribution in [3.05, 3.63) is 126 Å². The second kappa shape index (κ2) is 15.7. The van der Waals surface area contributed by atoms with Crippen molar-refractivity contribution >= 4 is 47.8 Å². The molecule has 0 radical (unpaired) electrons. The minimum atomic E-state index is -5.85. The SMILES string of the molecule is N#Cc1ccccc1-c1ccc(NC(=O)[C@@H]2CC[C@@H]3CCN(C(=O)Cc4ccccc4)CC(NC(=O)c4cc5cc(C(F)(F)P(=O)(O)O)ccc5[nH]4)C(=O)N32)cc1. The molecule has 4 amide bonds. The summed E-state index contributed by atoms with van der Waals surface area (Å²) in [5, 5.41) is 15.2. The van der Waals surface area contributed by atoms with Crippen molar-refractivity contribution in [1.29, 1.82) is 5.26 Å². The Morgan fingerprint density at radius 3 is 2.37 bits per heavy atom. The lowest BCUT2D eigenvalue weighted by Gasteiger charge is -2.38. The molecule has 2 saturated heterocycles. The van der Waals surface area contributed by atoms with Crippen molar-refractivity contribution in [2.45, 2.75) is 49.5 Å². The summed E-state index contributed by atoms with van der Waals surface area (Å²) in [7, 11) is -5.85. The first-order valence-corrected chi connectivity index (χ1v) is 19.8. The average molecular weight is 795 g/mol. The number of fused-ring (bicyclic) bond motifs is 2. The number of halogens is 2. The van der Waals surface area contributed by atoms with Gasteiger partial charge in [-0.25, -0.2) is 0 Å². The number of rotatable bonds is 9. The fourth-order valence-electron chi connectivity index (χ4n) is 7.49. The van der Waals surface area contributed by atoms with E-state index in [-0.39, 0.29) is 42.0 Å². The summed E-state index contributed by atoms with van der Waals surface area (Å²) >= 11 is 0. The molecule has 1 unspecified atom stereocenters. The average Bonchev–Trinajstić information content (AvgIpc) is 3.83. The van der Waals surface area contributed by atoms with E-state index < -0.39 is 54.7 Å². The molecule has 2 fully saturated rings. The molecule has 0 aliphatic carbocycles. The highest BCUT2D eigenvalue weighted by molar-refractivity contribution is 7.52. The van der Waals surface area contributed by atoms with E-state index in [1.54, 1.807) is 36.4 Å². The number of hydrogen-bond donors (Lipinski definition) is 5. The quantitative estimate of drug-likeness (QED) is 0.121. The van der Waals surface area contributed by atoms with E-state index >= 15 is 0 Å². The van der Waals surface area contributed by atoms with Crippen LogP contribution in [0.2, 0.25) is 0 Å². The standard InChI is InChI=1S/C41H37F2N6O7P/c42-41(43,57(54,55)56)29-12-16-33-28(21-29)22-34(46-33)38(51)47-35-24-48(37(50)20-25-6-2-1-3-7-25)19-18-31-15-17-36(49(31)40(35)53)39(52)45-30-13-10-26(11-14-30)32-9-5-4-8-27(32)23-44/h1-14,16,21-22,31,35-36,46H,15,17-20,24H2,(H,45,52)(H,47,51)(H2,54,55,56)/t31-,35?,36+/m1/s1. The van der Waals surface area contributed by atoms with Crippen LogP contribution in [0.5, 0.6) is 0 Å². The summed E-state index contributed by atoms with van der Waals surface area (Å²) in [6.07, 6.45) is 1.25. The van der Waals surface area contributed by atoms with Crippen LogP contribution in [0.15, 0.2) is 103 Å². The van der Waals surface area contributed by atoms with Crippen LogP contribution in [0.1, 0.15) is 46.4 Å². The zero-order valence-corrected chi connectivity index (χ0v) is 31.2. The van der Waals surface area contributed by atoms with Gasteiger partial charge in [-0.3, -0.25) is 23.7 Å². The molecular weight excluding hydrogens is 757 g/mol. The van der Waals surface area contributed by atoms with Crippen molar-refractivity contribution in [1.82, 2.24) is 20.1 Å². The number of H-pyrrole nitrogens is 1. The topological polar surface area (TPSA) is 196 Å². The van der Waals surface area contributed by atoms with Crippen molar-refractivity contribution in [3.8, 4) is 17.2 Å². The van der Waals surface area contributed by atoms with Crippen molar-refractivity contribution in [3.63, 3.8) is 0 Å². The Bertz CT molecular complexity index is 2450. The highest BCUT2D eigenvalue weighted by Gasteiger charge is 2.50. The van der Waals surface area contributed by atoms with Crippen LogP contribution in [-0.4, -0.2) is 79.4 Å². The molecule has 5 N–H and O–H groups in total. The first kappa shape index (κ1) is 39.1. The molecule has 3 atom stereocenters. The van der Waals surface area contributed by atoms with Crippen LogP contribution in [0.3, 0.4) is 0 Å². The largest absolute Gasteiger partial charge is 0.399 e. The van der Waals surface area contributed by atoms with Gasteiger partial charge in [0.25, 0.3) is 5.91 Å². The number of aromatic nitrogens is 1. The lowest BCUT2D eigenvalue weighted by molar-refractivity contribution is -0.144. The minimum absolute atomic E-state index is 0.0552. The molecular formula is C41H37F2N6O7P. The number of anilines is 1. The van der Waals surface area contributed by atoms with E-state index in [4.69, 9.17) is 0 Å². The van der Waals surface area contributed by atoms with Gasteiger partial charge in [-0.2, -0.15) is 14.0 Å². The van der Waals surface area contributed by atoms with Crippen molar-refractivity contribution < 1.29 is 42.3 Å². The van der Waals surface area contributed by atoms with Crippen LogP contribution < -0.4 is 10.6 Å². The van der Waals surface area contributed by atoms with E-state index in [0.29, 0.717) is 30.5 Å². The van der Waals surface area contributed by atoms with Crippen LogP contribution in [0.25, 0.3) is 22.0 Å². The van der Waals surface area contributed by atoms with Gasteiger partial charge in [-0.05, 0) is 72.4 Å². The van der Waals surface area contributed by atoms with Gasteiger partial charge >= 0.3 is 13.3 Å². The Labute approximate surface area is 325 Å². The highest BCUT2D eigenvalue weighted by atomic mass is 31.2. The number of hydrogen-bond acceptors (Lipinski definition) is 6. The second-order valence-corrected chi connectivity index (χ2v) is 15.8. The minimum Gasteiger partial charge on any atom is -0.351 e. The molecule has 13 nitrogen and oxygen atoms in total. The lowest BCUT2D eigenvalue weighted by atomic mass is 10.0. The van der Waals surface area contributed by atoms with Gasteiger partial charge in [0.15, 0.2) is 0 Å². The van der Waals surface area contributed by atoms with Gasteiger partial charge in [0, 0.05) is 41.3 Å². The van der Waals surface area contributed by atoms with E-state index in [9.17, 15) is 47.6 Å². The Morgan fingerprint density at radius 2 is 1.65 bits per heavy atom. The molecule has 3 heterocycles. The third-order valence-corrected chi connectivity index (χ3v) is 11.4. The molecule has 292 valence electrons. The smallest absolute Gasteiger partial charge is 0.351 e. The molecule has 2 aliphatic heterocycles. The third-order valence-electron chi connectivity index (χ3n) is 10.4. The fraction of sp³-hybridized carbons (Fsp3) is 0.244. The number of carbonyl (C=O) groups excluding carboxylic acids is 4. The van der Waals surface area contributed by atoms with Crippen LogP contribution in [-0.2, 0) is 31.0 Å². The van der Waals surface area contributed by atoms with Crippen LogP contribution >= 0.6 is 7.60 Å². The Hall–Kier alpha value is -6.20. The van der Waals surface area contributed by atoms with Gasteiger partial charge in [0.05, 0.1) is 18.1 Å². The number of alkyl halides is 2. The molecule has 7 rings (SSSR count). The predicted octanol–water partition coefficient (Wildman–Crippen LogP) is 5.51. The normalized spacial score (nSPS) is 18.6. The first-order chi connectivity index (χ1) is 27.2. The zero-order valence-electron chi connectivity index (χ0n) is 30.3. The molecule has 2 aliphatic rings. The molecule has 16 heteroatoms. The number of carbonyl (C=O) groups is 4. The Balaban J connectivity index is 1.13. The zero-order chi connectivity index (χ0) is 40.5. The highest BCUT2D eigenvalue weighted by Crippen LogP contribution is 2.59. The molecule has 0 saturated carbocycles. The van der Waals surface area contributed by atoms with Crippen molar-refractivity contribution in [2.75, 3.05) is 18.4 Å². The number of nitrogens with zero attached hydrogens (tertiary/aromatic N) is 3. The summed E-state index contributed by atoms with van der Waals surface area (Å²) in [6.45, 7) is 0.0354. The van der Waals surface area contributed by atoms with Crippen LogP contribution in [0.4, 0.5) is 14.5 Å². The van der Waals surface area contributed by atoms with Gasteiger partial charge in [0.2, 0.25) is 17.7 Å². The number of nitriles is 1. The van der Waals surface area contributed by atoms with Gasteiger partial charge in [-0.1, -0.05) is 66.7 Å². The monoisotopic (exact) mass is 794 g/mol. The molecule has 0 bridgehead atoms. The molecule has 0 spiro atoms. The fourth-order valence-corrected chi connectivity index (χ4v) is 7.96. The van der Waals surface area contributed by atoms with Crippen LogP contribution in [0, 0.1) is 11.3 Å². The third kappa shape index (κ3) is 8.06. The summed E-state index contributed by atoms with van der Waals surface area (Å²) < 4.78 is 40.4. The molecule has 4 aromatic carbocycles. The van der Waals surface area contributed by atoms with E-state index in [2.05, 4.69) is 21.7 Å². The van der Waals surface area contributed by atoms with E-state index in [1.807, 2.05) is 42.5 Å². The molecule has 5 aromatic rings. The summed E-state index contributed by atoms with van der Waals surface area (Å²) in [5.74, 6) is -2.08. The summed E-state index contributed by atoms with van der Waals surface area (Å²) in [4.78, 5) is 80.0.